The van der Waals surface area contributed by atoms with Gasteiger partial charge in [-0.3, -0.25) is 4.79 Å². The molecule has 3 aromatic rings. The maximum Gasteiger partial charge on any atom is 0.298 e. The summed E-state index contributed by atoms with van der Waals surface area (Å²) < 4.78 is 63.6. The third-order valence-electron chi connectivity index (χ3n) is 5.47. The molecule has 1 heterocycles. The Morgan fingerprint density at radius 1 is 1.17 bits per heavy atom. The first-order valence-electron chi connectivity index (χ1n) is 11.2. The number of aliphatic hydroxyl groups is 1. The number of rotatable bonds is 11. The Morgan fingerprint density at radius 3 is 2.60 bits per heavy atom. The molecule has 0 aliphatic carbocycles. The maximum absolute atomic E-state index is 14.8. The highest BCUT2D eigenvalue weighted by atomic mass is 19.3. The summed E-state index contributed by atoms with van der Waals surface area (Å²) in [5.41, 5.74) is -1.32. The fourth-order valence-electron chi connectivity index (χ4n) is 3.46. The zero-order valence-corrected chi connectivity index (χ0v) is 19.4. The predicted molar refractivity (Wildman–Crippen MR) is 123 cm³/mol. The number of unbranched alkanes of at least 4 members (excludes halogenated alkanes) is 1. The molecule has 10 heteroatoms. The van der Waals surface area contributed by atoms with Gasteiger partial charge in [0.05, 0.1) is 12.2 Å². The predicted octanol–water partition coefficient (Wildman–Crippen LogP) is 4.62. The van der Waals surface area contributed by atoms with Gasteiger partial charge in [0.2, 0.25) is 0 Å². The summed E-state index contributed by atoms with van der Waals surface area (Å²) in [5.74, 6) is -5.30. The van der Waals surface area contributed by atoms with E-state index >= 15 is 0 Å². The molecule has 2 aromatic carbocycles. The second-order valence-electron chi connectivity index (χ2n) is 8.03. The largest absolute Gasteiger partial charge is 0.491 e. The fourth-order valence-corrected chi connectivity index (χ4v) is 3.46. The van der Waals surface area contributed by atoms with E-state index in [0.29, 0.717) is 6.61 Å². The van der Waals surface area contributed by atoms with Gasteiger partial charge in [-0.25, -0.2) is 8.78 Å². The summed E-state index contributed by atoms with van der Waals surface area (Å²) in [7, 11) is 0. The lowest BCUT2D eigenvalue weighted by Crippen LogP contribution is -2.27. The van der Waals surface area contributed by atoms with Crippen LogP contribution in [-0.4, -0.2) is 28.1 Å². The topological polar surface area (TPSA) is 76.4 Å². The van der Waals surface area contributed by atoms with Gasteiger partial charge in [0.1, 0.15) is 35.4 Å². The monoisotopic (exact) mass is 493 g/mol. The lowest BCUT2D eigenvalue weighted by atomic mass is 10.0. The summed E-state index contributed by atoms with van der Waals surface area (Å²) in [6.45, 7) is 2.33. The van der Waals surface area contributed by atoms with Crippen LogP contribution in [0.4, 0.5) is 17.6 Å². The van der Waals surface area contributed by atoms with Gasteiger partial charge in [0, 0.05) is 24.2 Å². The number of para-hydroxylation sites is 1. The summed E-state index contributed by atoms with van der Waals surface area (Å²) in [6.07, 6.45) is 1.59. The van der Waals surface area contributed by atoms with Gasteiger partial charge in [0.15, 0.2) is 0 Å². The van der Waals surface area contributed by atoms with Crippen molar-refractivity contribution in [3.63, 3.8) is 0 Å². The molecule has 0 amide bonds. The van der Waals surface area contributed by atoms with Crippen molar-refractivity contribution in [3.8, 4) is 11.4 Å². The van der Waals surface area contributed by atoms with E-state index in [1.165, 1.54) is 36.4 Å². The number of aliphatic hydroxyl groups excluding tert-OH is 1. The quantitative estimate of drug-likeness (QED) is 0.301. The third-order valence-corrected chi connectivity index (χ3v) is 5.47. The number of halogens is 4. The standard InChI is InChI=1S/C25H27F4N3O3/c1-3-4-12-35-22-13-23(34)32(21-11-6-5-10-19(21)26)31-20(22)14-30-16(2)17-8-7-9-18(24(17)27)25(28,29)15-33/h5-11,13,16,30,33H,3-4,12,14-15H2,1-2H3/t16-/m1/s1. The van der Waals surface area contributed by atoms with Crippen LogP contribution in [0.3, 0.4) is 0 Å². The van der Waals surface area contributed by atoms with Gasteiger partial charge < -0.3 is 15.2 Å². The number of nitrogens with zero attached hydrogens (tertiary/aromatic N) is 2. The van der Waals surface area contributed by atoms with Gasteiger partial charge >= 0.3 is 0 Å². The molecule has 1 atom stereocenters. The maximum atomic E-state index is 14.8. The van der Waals surface area contributed by atoms with Crippen molar-refractivity contribution in [2.75, 3.05) is 13.2 Å². The molecule has 0 aliphatic rings. The zero-order valence-electron chi connectivity index (χ0n) is 19.4. The molecule has 0 unspecified atom stereocenters. The zero-order chi connectivity index (χ0) is 25.6. The van der Waals surface area contributed by atoms with Crippen LogP contribution < -0.4 is 15.6 Å². The number of hydrogen-bond donors (Lipinski definition) is 2. The molecule has 3 rings (SSSR count). The Labute approximate surface area is 200 Å². The molecule has 0 bridgehead atoms. The lowest BCUT2D eigenvalue weighted by Gasteiger charge is -2.20. The summed E-state index contributed by atoms with van der Waals surface area (Å²) in [4.78, 5) is 12.6. The number of nitrogens with one attached hydrogen (secondary N) is 1. The van der Waals surface area contributed by atoms with Crippen LogP contribution in [0.25, 0.3) is 5.69 Å². The molecular formula is C25H27F4N3O3. The van der Waals surface area contributed by atoms with Crippen molar-refractivity contribution in [2.24, 2.45) is 0 Å². The van der Waals surface area contributed by atoms with Crippen LogP contribution in [0.15, 0.2) is 53.3 Å². The molecular weight excluding hydrogens is 466 g/mol. The summed E-state index contributed by atoms with van der Waals surface area (Å²) in [5, 5.41) is 16.2. The molecule has 1 aromatic heterocycles. The normalized spacial score (nSPS) is 12.5. The first-order valence-corrected chi connectivity index (χ1v) is 11.2. The van der Waals surface area contributed by atoms with Crippen molar-refractivity contribution in [2.45, 2.75) is 45.2 Å². The Hall–Kier alpha value is -3.24. The molecule has 0 fully saturated rings. The molecule has 0 saturated heterocycles. The Balaban J connectivity index is 1.92. The Morgan fingerprint density at radius 2 is 1.91 bits per heavy atom. The van der Waals surface area contributed by atoms with Crippen molar-refractivity contribution >= 4 is 0 Å². The Bertz CT molecular complexity index is 1220. The average Bonchev–Trinajstić information content (AvgIpc) is 2.84. The number of alkyl halides is 2. The minimum absolute atomic E-state index is 0.0303. The van der Waals surface area contributed by atoms with Gasteiger partial charge in [-0.15, -0.1) is 0 Å². The van der Waals surface area contributed by atoms with E-state index in [2.05, 4.69) is 10.4 Å². The molecule has 35 heavy (non-hydrogen) atoms. The highest BCUT2D eigenvalue weighted by Gasteiger charge is 2.35. The lowest BCUT2D eigenvalue weighted by molar-refractivity contribution is -0.0584. The van der Waals surface area contributed by atoms with Crippen LogP contribution >= 0.6 is 0 Å². The first kappa shape index (κ1) is 26.4. The molecule has 2 N–H and O–H groups in total. The second-order valence-corrected chi connectivity index (χ2v) is 8.03. The van der Waals surface area contributed by atoms with Crippen LogP contribution in [0.2, 0.25) is 0 Å². The summed E-state index contributed by atoms with van der Waals surface area (Å²) in [6, 6.07) is 9.68. The third kappa shape index (κ3) is 6.07. The minimum Gasteiger partial charge on any atom is -0.491 e. The fraction of sp³-hybridized carbons (Fsp3) is 0.360. The van der Waals surface area contributed by atoms with E-state index in [1.807, 2.05) is 6.92 Å². The number of benzene rings is 2. The van der Waals surface area contributed by atoms with E-state index < -0.39 is 41.3 Å². The van der Waals surface area contributed by atoms with E-state index in [-0.39, 0.29) is 29.2 Å². The molecule has 0 spiro atoms. The van der Waals surface area contributed by atoms with Gasteiger partial charge in [-0.05, 0) is 31.5 Å². The Kier molecular flexibility index (Phi) is 8.63. The number of aromatic nitrogens is 2. The van der Waals surface area contributed by atoms with Crippen molar-refractivity contribution in [1.29, 1.82) is 0 Å². The van der Waals surface area contributed by atoms with Crippen molar-refractivity contribution in [3.05, 3.63) is 87.3 Å². The smallest absolute Gasteiger partial charge is 0.298 e. The molecule has 0 aliphatic heterocycles. The van der Waals surface area contributed by atoms with E-state index in [9.17, 15) is 22.4 Å². The summed E-state index contributed by atoms with van der Waals surface area (Å²) >= 11 is 0. The second kappa shape index (κ2) is 11.5. The van der Waals surface area contributed by atoms with Crippen LogP contribution in [-0.2, 0) is 12.5 Å². The molecule has 0 saturated carbocycles. The van der Waals surface area contributed by atoms with Crippen LogP contribution in [0, 0.1) is 11.6 Å². The number of hydrogen-bond acceptors (Lipinski definition) is 5. The van der Waals surface area contributed by atoms with Crippen molar-refractivity contribution < 1.29 is 27.4 Å². The SMILES string of the molecule is CCCCOc1cc(=O)n(-c2ccccc2F)nc1CN[C@H](C)c1cccc(C(F)(F)CO)c1F. The van der Waals surface area contributed by atoms with Gasteiger partial charge in [-0.1, -0.05) is 37.6 Å². The van der Waals surface area contributed by atoms with E-state index in [0.717, 1.165) is 23.6 Å². The van der Waals surface area contributed by atoms with Crippen molar-refractivity contribution in [1.82, 2.24) is 15.1 Å². The molecule has 0 radical (unpaired) electrons. The van der Waals surface area contributed by atoms with E-state index in [1.54, 1.807) is 13.0 Å². The van der Waals surface area contributed by atoms with Crippen LogP contribution in [0.5, 0.6) is 5.75 Å². The molecule has 188 valence electrons. The first-order chi connectivity index (χ1) is 16.7. The van der Waals surface area contributed by atoms with Gasteiger partial charge in [0.25, 0.3) is 11.5 Å². The minimum atomic E-state index is -3.73. The van der Waals surface area contributed by atoms with Crippen LogP contribution in [0.1, 0.15) is 49.6 Å². The molecule has 6 nitrogen and oxygen atoms in total. The highest BCUT2D eigenvalue weighted by molar-refractivity contribution is 5.35. The average molecular weight is 494 g/mol. The van der Waals surface area contributed by atoms with E-state index in [4.69, 9.17) is 9.84 Å². The van der Waals surface area contributed by atoms with Gasteiger partial charge in [-0.2, -0.15) is 18.6 Å². The number of ether oxygens (including phenoxy) is 1. The highest BCUT2D eigenvalue weighted by Crippen LogP contribution is 2.32.